The third-order valence-corrected chi connectivity index (χ3v) is 7.19. The number of carbonyl (C=O) groups excluding carboxylic acids is 5. The first kappa shape index (κ1) is 31.1. The summed E-state index contributed by atoms with van der Waals surface area (Å²) in [6, 6.07) is 6.63. The van der Waals surface area contributed by atoms with Crippen LogP contribution in [0, 0.1) is 5.92 Å². The van der Waals surface area contributed by atoms with E-state index in [-0.39, 0.29) is 60.7 Å². The van der Waals surface area contributed by atoms with Crippen LogP contribution in [0.15, 0.2) is 24.3 Å². The van der Waals surface area contributed by atoms with Crippen LogP contribution in [-0.2, 0) is 30.5 Å². The Labute approximate surface area is 229 Å². The summed E-state index contributed by atoms with van der Waals surface area (Å²) in [6.07, 6.45) is 3.93. The summed E-state index contributed by atoms with van der Waals surface area (Å²) in [5.74, 6) is -0.621. The number of hydrogen-bond acceptors (Lipinski definition) is 8. The van der Waals surface area contributed by atoms with E-state index in [4.69, 9.17) is 4.74 Å². The van der Waals surface area contributed by atoms with Gasteiger partial charge in [-0.15, -0.1) is 0 Å². The SMILES string of the molecule is CSC1CC(=O)N(CCCCCC(=O)N[C@H](C(=O)CNc2ccc(COC(=O)N(C)C)cc2)C(C)C)C1=O. The van der Waals surface area contributed by atoms with Crippen LogP contribution in [0.4, 0.5) is 10.5 Å². The number of nitrogens with zero attached hydrogens (tertiary/aromatic N) is 2. The van der Waals surface area contributed by atoms with Crippen molar-refractivity contribution in [2.45, 2.75) is 63.9 Å². The second-order valence-electron chi connectivity index (χ2n) is 9.88. The standard InChI is InChI=1S/C27H40N4O6S/c1-18(2)25(21(32)16-28-20-12-10-19(11-13-20)17-37-27(36)30(3)4)29-23(33)9-7-6-8-14-31-24(34)15-22(38-5)26(31)35/h10-13,18,22,25,28H,6-9,14-17H2,1-5H3,(H,29,33)/t22?,25-/m0/s1. The minimum atomic E-state index is -0.608. The fraction of sp³-hybridized carbons (Fsp3) is 0.593. The van der Waals surface area contributed by atoms with Gasteiger partial charge >= 0.3 is 6.09 Å². The molecule has 0 saturated carbocycles. The lowest BCUT2D eigenvalue weighted by atomic mass is 9.99. The second-order valence-corrected chi connectivity index (χ2v) is 10.9. The average Bonchev–Trinajstić information content (AvgIpc) is 3.16. The van der Waals surface area contributed by atoms with Gasteiger partial charge in [-0.1, -0.05) is 32.4 Å². The molecule has 1 aliphatic heterocycles. The first-order valence-corrected chi connectivity index (χ1v) is 14.2. The molecular weight excluding hydrogens is 508 g/mol. The lowest BCUT2D eigenvalue weighted by Gasteiger charge is -2.22. The van der Waals surface area contributed by atoms with Gasteiger partial charge in [0.15, 0.2) is 5.78 Å². The largest absolute Gasteiger partial charge is 0.445 e. The fourth-order valence-corrected chi connectivity index (χ4v) is 4.60. The van der Waals surface area contributed by atoms with Crippen LogP contribution >= 0.6 is 11.8 Å². The van der Waals surface area contributed by atoms with E-state index in [1.807, 2.05) is 32.2 Å². The molecule has 1 heterocycles. The molecule has 1 saturated heterocycles. The summed E-state index contributed by atoms with van der Waals surface area (Å²) in [7, 11) is 3.23. The maximum atomic E-state index is 12.8. The van der Waals surface area contributed by atoms with Crippen LogP contribution in [0.3, 0.4) is 0 Å². The summed E-state index contributed by atoms with van der Waals surface area (Å²) >= 11 is 1.40. The smallest absolute Gasteiger partial charge is 0.409 e. The first-order valence-electron chi connectivity index (χ1n) is 12.9. The van der Waals surface area contributed by atoms with Crippen molar-refractivity contribution < 1.29 is 28.7 Å². The summed E-state index contributed by atoms with van der Waals surface area (Å²) in [5.41, 5.74) is 1.57. The van der Waals surface area contributed by atoms with E-state index in [9.17, 15) is 24.0 Å². The first-order chi connectivity index (χ1) is 18.0. The van der Waals surface area contributed by atoms with Crippen molar-refractivity contribution in [1.29, 1.82) is 0 Å². The van der Waals surface area contributed by atoms with Crippen molar-refractivity contribution in [3.8, 4) is 0 Å². The number of hydrogen-bond donors (Lipinski definition) is 2. The number of thioether (sulfide) groups is 1. The van der Waals surface area contributed by atoms with E-state index in [2.05, 4.69) is 10.6 Å². The predicted octanol–water partition coefficient (Wildman–Crippen LogP) is 3.06. The maximum absolute atomic E-state index is 12.8. The van der Waals surface area contributed by atoms with Crippen LogP contribution in [-0.4, -0.2) is 84.1 Å². The van der Waals surface area contributed by atoms with E-state index < -0.39 is 12.1 Å². The number of Topliss-reactive ketones (excluding diaryl/α,β-unsaturated/α-hetero) is 1. The Bertz CT molecular complexity index is 982. The number of nitrogens with one attached hydrogen (secondary N) is 2. The van der Waals surface area contributed by atoms with Gasteiger partial charge in [0.1, 0.15) is 6.61 Å². The zero-order valence-corrected chi connectivity index (χ0v) is 23.8. The Balaban J connectivity index is 1.71. The highest BCUT2D eigenvalue weighted by molar-refractivity contribution is 8.00. The Kier molecular flexibility index (Phi) is 12.6. The highest BCUT2D eigenvalue weighted by atomic mass is 32.2. The number of benzene rings is 1. The van der Waals surface area contributed by atoms with Gasteiger partial charge < -0.3 is 20.3 Å². The monoisotopic (exact) mass is 548 g/mol. The molecule has 210 valence electrons. The number of anilines is 1. The molecule has 11 heteroatoms. The summed E-state index contributed by atoms with van der Waals surface area (Å²) in [4.78, 5) is 63.7. The molecule has 0 bridgehead atoms. The number of likely N-dealkylation sites (tertiary alicyclic amines) is 1. The van der Waals surface area contributed by atoms with Crippen molar-refractivity contribution in [3.63, 3.8) is 0 Å². The third kappa shape index (κ3) is 9.66. The van der Waals surface area contributed by atoms with Gasteiger partial charge in [0.05, 0.1) is 17.8 Å². The van der Waals surface area contributed by atoms with E-state index >= 15 is 0 Å². The lowest BCUT2D eigenvalue weighted by molar-refractivity contribution is -0.138. The lowest BCUT2D eigenvalue weighted by Crippen LogP contribution is -2.46. The number of amides is 4. The van der Waals surface area contributed by atoms with Crippen molar-refractivity contribution >= 4 is 47.0 Å². The molecule has 38 heavy (non-hydrogen) atoms. The van der Waals surface area contributed by atoms with Crippen LogP contribution in [0.1, 0.15) is 51.5 Å². The minimum absolute atomic E-state index is 0.0625. The minimum Gasteiger partial charge on any atom is -0.445 e. The molecule has 2 rings (SSSR count). The number of ether oxygens (including phenoxy) is 1. The average molecular weight is 549 g/mol. The maximum Gasteiger partial charge on any atom is 0.409 e. The molecule has 0 aromatic heterocycles. The van der Waals surface area contributed by atoms with E-state index in [0.29, 0.717) is 25.8 Å². The number of unbranched alkanes of at least 4 members (excludes halogenated alkanes) is 2. The van der Waals surface area contributed by atoms with E-state index in [1.165, 1.54) is 21.6 Å². The van der Waals surface area contributed by atoms with Crippen molar-refractivity contribution in [1.82, 2.24) is 15.1 Å². The zero-order valence-electron chi connectivity index (χ0n) is 23.0. The van der Waals surface area contributed by atoms with E-state index in [0.717, 1.165) is 11.3 Å². The molecule has 2 atom stereocenters. The Hall–Kier alpha value is -3.08. The van der Waals surface area contributed by atoms with Gasteiger partial charge in [0, 0.05) is 39.2 Å². The van der Waals surface area contributed by atoms with Gasteiger partial charge in [-0.05, 0) is 42.7 Å². The third-order valence-electron chi connectivity index (χ3n) is 6.25. The summed E-state index contributed by atoms with van der Waals surface area (Å²) in [6.45, 7) is 4.38. The van der Waals surface area contributed by atoms with Gasteiger partial charge in [0.2, 0.25) is 17.7 Å². The number of rotatable bonds is 15. The topological polar surface area (TPSA) is 125 Å². The molecule has 1 unspecified atom stereocenters. The molecular formula is C27H40N4O6S. The molecule has 1 fully saturated rings. The number of ketones is 1. The van der Waals surface area contributed by atoms with Gasteiger partial charge in [-0.3, -0.25) is 24.1 Å². The summed E-state index contributed by atoms with van der Waals surface area (Å²) in [5, 5.41) is 5.67. The number of carbonyl (C=O) groups is 5. The van der Waals surface area contributed by atoms with Gasteiger partial charge in [-0.25, -0.2) is 4.79 Å². The molecule has 0 aliphatic carbocycles. The quantitative estimate of drug-likeness (QED) is 0.253. The van der Waals surface area contributed by atoms with Crippen LogP contribution in [0.25, 0.3) is 0 Å². The molecule has 1 aromatic rings. The van der Waals surface area contributed by atoms with Crippen molar-refractivity contribution in [2.24, 2.45) is 5.92 Å². The molecule has 10 nitrogen and oxygen atoms in total. The van der Waals surface area contributed by atoms with Gasteiger partial charge in [-0.2, -0.15) is 11.8 Å². The predicted molar refractivity (Wildman–Crippen MR) is 148 cm³/mol. The molecule has 2 N–H and O–H groups in total. The molecule has 1 aliphatic rings. The summed E-state index contributed by atoms with van der Waals surface area (Å²) < 4.78 is 5.15. The van der Waals surface area contributed by atoms with Crippen LogP contribution in [0.5, 0.6) is 0 Å². The fourth-order valence-electron chi connectivity index (χ4n) is 3.96. The molecule has 4 amide bonds. The number of imide groups is 1. The molecule has 0 radical (unpaired) electrons. The van der Waals surface area contributed by atoms with Crippen molar-refractivity contribution in [3.05, 3.63) is 29.8 Å². The molecule has 1 aromatic carbocycles. The normalized spacial score (nSPS) is 15.9. The Morgan fingerprint density at radius 3 is 2.37 bits per heavy atom. The molecule has 0 spiro atoms. The van der Waals surface area contributed by atoms with E-state index in [1.54, 1.807) is 26.2 Å². The zero-order chi connectivity index (χ0) is 28.2. The Morgan fingerprint density at radius 1 is 1.11 bits per heavy atom. The van der Waals surface area contributed by atoms with Crippen LogP contribution in [0.2, 0.25) is 0 Å². The van der Waals surface area contributed by atoms with Gasteiger partial charge in [0.25, 0.3) is 0 Å². The Morgan fingerprint density at radius 2 is 1.79 bits per heavy atom. The van der Waals surface area contributed by atoms with Crippen LogP contribution < -0.4 is 10.6 Å². The van der Waals surface area contributed by atoms with Crippen molar-refractivity contribution in [2.75, 3.05) is 38.8 Å². The second kappa shape index (κ2) is 15.4. The highest BCUT2D eigenvalue weighted by Crippen LogP contribution is 2.23. The highest BCUT2D eigenvalue weighted by Gasteiger charge is 2.37.